The molecule has 80 valence electrons. The third kappa shape index (κ3) is 3.31. The molecule has 1 rings (SSSR count). The Balaban J connectivity index is 2.74. The van der Waals surface area contributed by atoms with Crippen LogP contribution in [0.15, 0.2) is 18.3 Å². The summed E-state index contributed by atoms with van der Waals surface area (Å²) in [6.45, 7) is 4.29. The molecule has 0 aliphatic rings. The van der Waals surface area contributed by atoms with Gasteiger partial charge in [0.1, 0.15) is 11.8 Å². The van der Waals surface area contributed by atoms with Crippen molar-refractivity contribution in [1.82, 2.24) is 9.88 Å². The second-order valence-corrected chi connectivity index (χ2v) is 3.22. The minimum atomic E-state index is 0.135. The zero-order valence-electron chi connectivity index (χ0n) is 8.85. The highest BCUT2D eigenvalue weighted by molar-refractivity contribution is 5.30. The van der Waals surface area contributed by atoms with Crippen molar-refractivity contribution in [3.05, 3.63) is 29.6 Å². The lowest BCUT2D eigenvalue weighted by Crippen LogP contribution is -2.26. The fourth-order valence-corrected chi connectivity index (χ4v) is 1.40. The summed E-state index contributed by atoms with van der Waals surface area (Å²) in [4.78, 5) is 6.06. The van der Waals surface area contributed by atoms with Crippen LogP contribution in [0, 0.1) is 11.3 Å². The standard InChI is InChI=1S/C11H15N3O/c1-2-14(6-7-15)9-10-4-3-5-13-11(10)8-12/h3-5,15H,2,6-7,9H2,1H3. The molecule has 0 spiro atoms. The maximum Gasteiger partial charge on any atom is 0.144 e. The number of aliphatic hydroxyl groups is 1. The van der Waals surface area contributed by atoms with Crippen LogP contribution in [0.5, 0.6) is 0 Å². The minimum absolute atomic E-state index is 0.135. The van der Waals surface area contributed by atoms with Crippen LogP contribution in [0.3, 0.4) is 0 Å². The van der Waals surface area contributed by atoms with Crippen molar-refractivity contribution in [3.63, 3.8) is 0 Å². The molecule has 0 aliphatic heterocycles. The van der Waals surface area contributed by atoms with Gasteiger partial charge in [-0.3, -0.25) is 4.90 Å². The first-order valence-corrected chi connectivity index (χ1v) is 4.99. The molecule has 1 aromatic heterocycles. The van der Waals surface area contributed by atoms with Gasteiger partial charge in [0, 0.05) is 24.8 Å². The molecule has 0 unspecified atom stereocenters. The molecule has 15 heavy (non-hydrogen) atoms. The van der Waals surface area contributed by atoms with Crippen molar-refractivity contribution in [1.29, 1.82) is 5.26 Å². The van der Waals surface area contributed by atoms with Gasteiger partial charge in [-0.1, -0.05) is 13.0 Å². The molecule has 0 aromatic carbocycles. The van der Waals surface area contributed by atoms with E-state index in [-0.39, 0.29) is 6.61 Å². The largest absolute Gasteiger partial charge is 0.395 e. The molecule has 1 heterocycles. The summed E-state index contributed by atoms with van der Waals surface area (Å²) < 4.78 is 0. The van der Waals surface area contributed by atoms with Crippen LogP contribution in [0.25, 0.3) is 0 Å². The number of nitrogens with zero attached hydrogens (tertiary/aromatic N) is 3. The Labute approximate surface area is 89.8 Å². The Bertz CT molecular complexity index is 346. The van der Waals surface area contributed by atoms with E-state index in [1.165, 1.54) is 0 Å². The molecule has 4 nitrogen and oxygen atoms in total. The summed E-state index contributed by atoms with van der Waals surface area (Å²) in [6.07, 6.45) is 1.62. The van der Waals surface area contributed by atoms with Gasteiger partial charge in [-0.05, 0) is 12.6 Å². The first-order chi connectivity index (χ1) is 7.31. The lowest BCUT2D eigenvalue weighted by molar-refractivity contribution is 0.196. The normalized spacial score (nSPS) is 10.3. The SMILES string of the molecule is CCN(CCO)Cc1cccnc1C#N. The van der Waals surface area contributed by atoms with E-state index in [4.69, 9.17) is 10.4 Å². The van der Waals surface area contributed by atoms with E-state index in [0.717, 1.165) is 12.1 Å². The van der Waals surface area contributed by atoms with Gasteiger partial charge in [0.2, 0.25) is 0 Å². The van der Waals surface area contributed by atoms with E-state index in [0.29, 0.717) is 18.8 Å². The summed E-state index contributed by atoms with van der Waals surface area (Å²) in [5, 5.41) is 17.7. The van der Waals surface area contributed by atoms with Gasteiger partial charge in [-0.2, -0.15) is 5.26 Å². The Morgan fingerprint density at radius 3 is 3.00 bits per heavy atom. The van der Waals surface area contributed by atoms with Gasteiger partial charge >= 0.3 is 0 Å². The number of aliphatic hydroxyl groups excluding tert-OH is 1. The van der Waals surface area contributed by atoms with Crippen LogP contribution in [0.2, 0.25) is 0 Å². The predicted octanol–water partition coefficient (Wildman–Crippen LogP) is 0.767. The van der Waals surface area contributed by atoms with E-state index >= 15 is 0 Å². The predicted molar refractivity (Wildman–Crippen MR) is 57.0 cm³/mol. The minimum Gasteiger partial charge on any atom is -0.395 e. The van der Waals surface area contributed by atoms with Crippen molar-refractivity contribution < 1.29 is 5.11 Å². The number of rotatable bonds is 5. The molecule has 1 aromatic rings. The van der Waals surface area contributed by atoms with Crippen LogP contribution in [-0.4, -0.2) is 34.7 Å². The fourth-order valence-electron chi connectivity index (χ4n) is 1.40. The Hall–Kier alpha value is -1.44. The summed E-state index contributed by atoms with van der Waals surface area (Å²) in [5.74, 6) is 0. The number of hydrogen-bond donors (Lipinski definition) is 1. The Morgan fingerprint density at radius 2 is 2.40 bits per heavy atom. The van der Waals surface area contributed by atoms with Crippen LogP contribution in [0.4, 0.5) is 0 Å². The first kappa shape index (κ1) is 11.6. The maximum atomic E-state index is 8.85. The summed E-state index contributed by atoms with van der Waals surface area (Å²) in [7, 11) is 0. The van der Waals surface area contributed by atoms with Crippen molar-refractivity contribution in [3.8, 4) is 6.07 Å². The van der Waals surface area contributed by atoms with Crippen molar-refractivity contribution >= 4 is 0 Å². The van der Waals surface area contributed by atoms with Crippen molar-refractivity contribution in [2.45, 2.75) is 13.5 Å². The average Bonchev–Trinajstić information content (AvgIpc) is 2.29. The maximum absolute atomic E-state index is 8.85. The molecular formula is C11H15N3O. The smallest absolute Gasteiger partial charge is 0.144 e. The van der Waals surface area contributed by atoms with Gasteiger partial charge in [-0.25, -0.2) is 4.98 Å². The molecule has 0 bridgehead atoms. The molecular weight excluding hydrogens is 190 g/mol. The zero-order chi connectivity index (χ0) is 11.1. The number of pyridine rings is 1. The monoisotopic (exact) mass is 205 g/mol. The lowest BCUT2D eigenvalue weighted by Gasteiger charge is -2.19. The van der Waals surface area contributed by atoms with E-state index in [1.54, 1.807) is 6.20 Å². The van der Waals surface area contributed by atoms with Gasteiger partial charge in [0.05, 0.1) is 6.61 Å². The quantitative estimate of drug-likeness (QED) is 0.771. The molecule has 0 amide bonds. The van der Waals surface area contributed by atoms with Gasteiger partial charge in [0.25, 0.3) is 0 Å². The summed E-state index contributed by atoms with van der Waals surface area (Å²) >= 11 is 0. The summed E-state index contributed by atoms with van der Waals surface area (Å²) in [5.41, 5.74) is 1.38. The molecule has 0 atom stereocenters. The van der Waals surface area contributed by atoms with Gasteiger partial charge in [-0.15, -0.1) is 0 Å². The highest BCUT2D eigenvalue weighted by Gasteiger charge is 2.07. The van der Waals surface area contributed by atoms with Crippen LogP contribution in [0.1, 0.15) is 18.2 Å². The summed E-state index contributed by atoms with van der Waals surface area (Å²) in [6, 6.07) is 5.78. The first-order valence-electron chi connectivity index (χ1n) is 4.99. The van der Waals surface area contributed by atoms with Crippen molar-refractivity contribution in [2.75, 3.05) is 19.7 Å². The van der Waals surface area contributed by atoms with E-state index < -0.39 is 0 Å². The average molecular weight is 205 g/mol. The number of aromatic nitrogens is 1. The Morgan fingerprint density at radius 1 is 1.60 bits per heavy atom. The molecule has 0 saturated heterocycles. The van der Waals surface area contributed by atoms with E-state index in [9.17, 15) is 0 Å². The third-order valence-electron chi connectivity index (χ3n) is 2.25. The molecule has 0 saturated carbocycles. The highest BCUT2D eigenvalue weighted by Crippen LogP contribution is 2.07. The molecule has 1 N–H and O–H groups in total. The number of hydrogen-bond acceptors (Lipinski definition) is 4. The molecule has 0 fully saturated rings. The number of nitriles is 1. The van der Waals surface area contributed by atoms with Gasteiger partial charge < -0.3 is 5.11 Å². The second-order valence-electron chi connectivity index (χ2n) is 3.22. The number of likely N-dealkylation sites (N-methyl/N-ethyl adjacent to an activating group) is 1. The molecule has 0 radical (unpaired) electrons. The van der Waals surface area contributed by atoms with E-state index in [2.05, 4.69) is 16.0 Å². The Kier molecular flexibility index (Phi) is 4.75. The van der Waals surface area contributed by atoms with Crippen LogP contribution < -0.4 is 0 Å². The fraction of sp³-hybridized carbons (Fsp3) is 0.455. The lowest BCUT2D eigenvalue weighted by atomic mass is 10.2. The second kappa shape index (κ2) is 6.12. The van der Waals surface area contributed by atoms with E-state index in [1.807, 2.05) is 19.1 Å². The molecule has 0 aliphatic carbocycles. The highest BCUT2D eigenvalue weighted by atomic mass is 16.3. The van der Waals surface area contributed by atoms with Crippen molar-refractivity contribution in [2.24, 2.45) is 0 Å². The van der Waals surface area contributed by atoms with Crippen LogP contribution in [-0.2, 0) is 6.54 Å². The van der Waals surface area contributed by atoms with Gasteiger partial charge in [0.15, 0.2) is 0 Å². The van der Waals surface area contributed by atoms with Crippen LogP contribution >= 0.6 is 0 Å². The molecule has 4 heteroatoms. The topological polar surface area (TPSA) is 60.1 Å². The zero-order valence-corrected chi connectivity index (χ0v) is 8.85. The third-order valence-corrected chi connectivity index (χ3v) is 2.25.